The molecule has 2 aliphatic rings. The molecule has 2 nitrogen and oxygen atoms in total. The summed E-state index contributed by atoms with van der Waals surface area (Å²) < 4.78 is 1.44. The largest absolute Gasteiger partial charge is 0.314 e. The number of piperazine rings is 1. The van der Waals surface area contributed by atoms with Crippen molar-refractivity contribution in [3.05, 3.63) is 35.2 Å². The van der Waals surface area contributed by atoms with Gasteiger partial charge in [-0.2, -0.15) is 0 Å². The third-order valence-corrected chi connectivity index (χ3v) is 5.42. The number of halogens is 2. The van der Waals surface area contributed by atoms with Crippen LogP contribution in [0.15, 0.2) is 29.6 Å². The Morgan fingerprint density at radius 3 is 2.52 bits per heavy atom. The van der Waals surface area contributed by atoms with E-state index in [1.54, 1.807) is 5.56 Å². The lowest BCUT2D eigenvalue weighted by molar-refractivity contribution is 0.157. The molecule has 1 aliphatic heterocycles. The van der Waals surface area contributed by atoms with Gasteiger partial charge < -0.3 is 5.32 Å². The SMILES string of the molecule is Cl.Cl.c1ccc2c([C@H](C3CC3)N3CCNCC3)csc2c1. The number of thiophene rings is 1. The Bertz CT molecular complexity index is 576. The van der Waals surface area contributed by atoms with Crippen molar-refractivity contribution < 1.29 is 0 Å². The van der Waals surface area contributed by atoms with E-state index in [0.717, 1.165) is 19.0 Å². The Morgan fingerprint density at radius 1 is 1.10 bits per heavy atom. The predicted octanol–water partition coefficient (Wildman–Crippen LogP) is 4.10. The molecular formula is C16H22Cl2N2S. The minimum Gasteiger partial charge on any atom is -0.314 e. The lowest BCUT2D eigenvalue weighted by Gasteiger charge is -2.35. The van der Waals surface area contributed by atoms with Gasteiger partial charge in [-0.05, 0) is 41.2 Å². The monoisotopic (exact) mass is 344 g/mol. The number of fused-ring (bicyclic) bond motifs is 1. The van der Waals surface area contributed by atoms with Crippen molar-refractivity contribution in [2.24, 2.45) is 5.92 Å². The van der Waals surface area contributed by atoms with Gasteiger partial charge in [0.05, 0.1) is 0 Å². The Kier molecular flexibility index (Phi) is 5.92. The summed E-state index contributed by atoms with van der Waals surface area (Å²) in [4.78, 5) is 2.71. The van der Waals surface area contributed by atoms with Crippen LogP contribution in [-0.2, 0) is 0 Å². The molecule has 0 unspecified atom stereocenters. The second kappa shape index (κ2) is 7.30. The molecule has 5 heteroatoms. The van der Waals surface area contributed by atoms with Gasteiger partial charge in [-0.15, -0.1) is 36.2 Å². The molecule has 0 spiro atoms. The predicted molar refractivity (Wildman–Crippen MR) is 96.2 cm³/mol. The van der Waals surface area contributed by atoms with Gasteiger partial charge in [0.2, 0.25) is 0 Å². The van der Waals surface area contributed by atoms with Gasteiger partial charge in [-0.3, -0.25) is 4.90 Å². The van der Waals surface area contributed by atoms with Crippen LogP contribution >= 0.6 is 36.2 Å². The van der Waals surface area contributed by atoms with Crippen LogP contribution in [0.4, 0.5) is 0 Å². The van der Waals surface area contributed by atoms with Crippen LogP contribution in [0, 0.1) is 5.92 Å². The molecule has 1 saturated carbocycles. The fourth-order valence-corrected chi connectivity index (χ4v) is 4.34. The zero-order valence-electron chi connectivity index (χ0n) is 12.0. The Morgan fingerprint density at radius 2 is 1.81 bits per heavy atom. The summed E-state index contributed by atoms with van der Waals surface area (Å²) in [6.07, 6.45) is 2.83. The summed E-state index contributed by atoms with van der Waals surface area (Å²) in [5.41, 5.74) is 1.59. The molecule has 4 rings (SSSR count). The molecule has 0 amide bonds. The minimum absolute atomic E-state index is 0. The van der Waals surface area contributed by atoms with Crippen LogP contribution in [0.3, 0.4) is 0 Å². The van der Waals surface area contributed by atoms with Crippen LogP contribution in [0.2, 0.25) is 0 Å². The second-order valence-electron chi connectivity index (χ2n) is 5.76. The van der Waals surface area contributed by atoms with Crippen molar-refractivity contribution >= 4 is 46.2 Å². The minimum atomic E-state index is 0. The first-order valence-electron chi connectivity index (χ1n) is 7.34. The molecule has 21 heavy (non-hydrogen) atoms. The lowest BCUT2D eigenvalue weighted by Crippen LogP contribution is -2.45. The Hall–Kier alpha value is -0.320. The van der Waals surface area contributed by atoms with E-state index in [0.29, 0.717) is 6.04 Å². The maximum atomic E-state index is 3.47. The molecular weight excluding hydrogens is 323 g/mol. The van der Waals surface area contributed by atoms with Gasteiger partial charge in [-0.25, -0.2) is 0 Å². The van der Waals surface area contributed by atoms with Crippen molar-refractivity contribution in [3.63, 3.8) is 0 Å². The molecule has 1 aliphatic carbocycles. The average molecular weight is 345 g/mol. The molecule has 116 valence electrons. The number of rotatable bonds is 3. The summed E-state index contributed by atoms with van der Waals surface area (Å²) in [5.74, 6) is 0.899. The summed E-state index contributed by atoms with van der Waals surface area (Å²) >= 11 is 1.91. The molecule has 1 saturated heterocycles. The first-order chi connectivity index (χ1) is 9.43. The van der Waals surface area contributed by atoms with Crippen LogP contribution in [0.1, 0.15) is 24.4 Å². The van der Waals surface area contributed by atoms with Gasteiger partial charge in [0.15, 0.2) is 0 Å². The summed E-state index contributed by atoms with van der Waals surface area (Å²) in [6, 6.07) is 9.56. The normalized spacial score (nSPS) is 20.6. The summed E-state index contributed by atoms with van der Waals surface area (Å²) in [5, 5.41) is 7.37. The highest BCUT2D eigenvalue weighted by atomic mass is 35.5. The van der Waals surface area contributed by atoms with Gasteiger partial charge in [0, 0.05) is 36.9 Å². The second-order valence-corrected chi connectivity index (χ2v) is 6.67. The smallest absolute Gasteiger partial charge is 0.0391 e. The van der Waals surface area contributed by atoms with Gasteiger partial charge in [0.1, 0.15) is 0 Å². The van der Waals surface area contributed by atoms with Crippen molar-refractivity contribution in [3.8, 4) is 0 Å². The van der Waals surface area contributed by atoms with Gasteiger partial charge in [-0.1, -0.05) is 18.2 Å². The van der Waals surface area contributed by atoms with E-state index in [-0.39, 0.29) is 24.8 Å². The van der Waals surface area contributed by atoms with Crippen LogP contribution in [-0.4, -0.2) is 31.1 Å². The number of hydrogen-bond acceptors (Lipinski definition) is 3. The Labute approximate surface area is 142 Å². The maximum Gasteiger partial charge on any atom is 0.0391 e. The summed E-state index contributed by atoms with van der Waals surface area (Å²) in [6.45, 7) is 4.69. The summed E-state index contributed by atoms with van der Waals surface area (Å²) in [7, 11) is 0. The zero-order chi connectivity index (χ0) is 12.7. The van der Waals surface area contributed by atoms with Crippen molar-refractivity contribution in [2.45, 2.75) is 18.9 Å². The van der Waals surface area contributed by atoms with E-state index >= 15 is 0 Å². The van der Waals surface area contributed by atoms with Crippen LogP contribution < -0.4 is 5.32 Å². The Balaban J connectivity index is 0.000000807. The lowest BCUT2D eigenvalue weighted by atomic mass is 9.99. The van der Waals surface area contributed by atoms with E-state index in [2.05, 4.69) is 39.9 Å². The van der Waals surface area contributed by atoms with E-state index in [1.165, 1.54) is 36.0 Å². The average Bonchev–Trinajstić information content (AvgIpc) is 3.21. The topological polar surface area (TPSA) is 15.3 Å². The zero-order valence-corrected chi connectivity index (χ0v) is 14.4. The molecule has 1 aromatic heterocycles. The van der Waals surface area contributed by atoms with E-state index in [9.17, 15) is 0 Å². The number of benzene rings is 1. The quantitative estimate of drug-likeness (QED) is 0.901. The van der Waals surface area contributed by atoms with E-state index < -0.39 is 0 Å². The van der Waals surface area contributed by atoms with Crippen LogP contribution in [0.25, 0.3) is 10.1 Å². The van der Waals surface area contributed by atoms with Gasteiger partial charge in [0.25, 0.3) is 0 Å². The number of nitrogens with one attached hydrogen (secondary N) is 1. The van der Waals surface area contributed by atoms with Crippen molar-refractivity contribution in [1.82, 2.24) is 10.2 Å². The molecule has 2 heterocycles. The molecule has 0 radical (unpaired) electrons. The number of hydrogen-bond donors (Lipinski definition) is 1. The fourth-order valence-electron chi connectivity index (χ4n) is 3.35. The van der Waals surface area contributed by atoms with Crippen molar-refractivity contribution in [2.75, 3.05) is 26.2 Å². The first-order valence-corrected chi connectivity index (χ1v) is 8.22. The number of nitrogens with zero attached hydrogens (tertiary/aromatic N) is 1. The molecule has 0 bridgehead atoms. The maximum absolute atomic E-state index is 3.47. The van der Waals surface area contributed by atoms with Crippen LogP contribution in [0.5, 0.6) is 0 Å². The van der Waals surface area contributed by atoms with E-state index in [4.69, 9.17) is 0 Å². The highest BCUT2D eigenvalue weighted by Gasteiger charge is 2.37. The standard InChI is InChI=1S/C16H20N2S.2ClH/c1-2-4-15-13(3-1)14(11-19-15)16(12-5-6-12)18-9-7-17-8-10-18;;/h1-4,11-12,16-17H,5-10H2;2*1H/t16-;;/m0../s1. The third-order valence-electron chi connectivity index (χ3n) is 4.44. The molecule has 1 atom stereocenters. The molecule has 1 aromatic carbocycles. The fraction of sp³-hybridized carbons (Fsp3) is 0.500. The van der Waals surface area contributed by atoms with E-state index in [1.807, 2.05) is 11.3 Å². The third kappa shape index (κ3) is 3.38. The molecule has 2 fully saturated rings. The van der Waals surface area contributed by atoms with Gasteiger partial charge >= 0.3 is 0 Å². The molecule has 2 aromatic rings. The highest BCUT2D eigenvalue weighted by Crippen LogP contribution is 2.47. The highest BCUT2D eigenvalue weighted by molar-refractivity contribution is 7.17. The first kappa shape index (κ1) is 17.0. The van der Waals surface area contributed by atoms with Crippen molar-refractivity contribution in [1.29, 1.82) is 0 Å². The molecule has 1 N–H and O–H groups in total.